The summed E-state index contributed by atoms with van der Waals surface area (Å²) in [6.07, 6.45) is 29.6. The lowest BCUT2D eigenvalue weighted by Gasteiger charge is -2.10. The fourth-order valence-corrected chi connectivity index (χ4v) is 3.91. The number of aliphatic hydroxyl groups excluding tert-OH is 1. The van der Waals surface area contributed by atoms with Crippen molar-refractivity contribution in [3.8, 4) is 0 Å². The molecule has 34 heavy (non-hydrogen) atoms. The van der Waals surface area contributed by atoms with E-state index in [4.69, 9.17) is 9.47 Å². The Morgan fingerprint density at radius 1 is 0.618 bits per heavy atom. The standard InChI is InChI=1S/C30H59NO3/c1-4-26-33-27-21-17-13-9-5-7-11-15-19-23-30(32)24-20-16-12-8-6-10-14-18-22-28-34-29-25-31(2)3/h17-18,21-22,30,32H,4-16,19-20,23-29H2,1-3H3/b21-17-,22-18-. The van der Waals surface area contributed by atoms with Gasteiger partial charge in [0.2, 0.25) is 0 Å². The highest BCUT2D eigenvalue weighted by atomic mass is 16.5. The average Bonchev–Trinajstić information content (AvgIpc) is 2.82. The zero-order chi connectivity index (χ0) is 25.0. The zero-order valence-electron chi connectivity index (χ0n) is 23.2. The van der Waals surface area contributed by atoms with E-state index in [2.05, 4.69) is 50.2 Å². The second-order valence-corrected chi connectivity index (χ2v) is 9.95. The van der Waals surface area contributed by atoms with Gasteiger partial charge in [0.1, 0.15) is 0 Å². The first-order chi connectivity index (χ1) is 16.7. The Hall–Kier alpha value is -0.680. The molecule has 0 heterocycles. The summed E-state index contributed by atoms with van der Waals surface area (Å²) in [6.45, 7) is 6.31. The third kappa shape index (κ3) is 29.4. The molecular formula is C30H59NO3. The molecule has 0 saturated carbocycles. The highest BCUT2D eigenvalue weighted by Crippen LogP contribution is 2.15. The zero-order valence-corrected chi connectivity index (χ0v) is 23.2. The van der Waals surface area contributed by atoms with Crippen LogP contribution in [0, 0.1) is 0 Å². The second-order valence-electron chi connectivity index (χ2n) is 9.95. The first-order valence-electron chi connectivity index (χ1n) is 14.4. The van der Waals surface area contributed by atoms with Crippen molar-refractivity contribution in [2.75, 3.05) is 47.1 Å². The molecule has 0 aromatic rings. The molecule has 0 amide bonds. The number of allylic oxidation sites excluding steroid dienone is 2. The van der Waals surface area contributed by atoms with Gasteiger partial charge < -0.3 is 19.5 Å². The number of hydrogen-bond donors (Lipinski definition) is 1. The van der Waals surface area contributed by atoms with E-state index in [1.165, 1.54) is 89.9 Å². The van der Waals surface area contributed by atoms with E-state index in [9.17, 15) is 5.11 Å². The summed E-state index contributed by atoms with van der Waals surface area (Å²) in [5, 5.41) is 10.2. The minimum absolute atomic E-state index is 0.0786. The van der Waals surface area contributed by atoms with Gasteiger partial charge in [-0.15, -0.1) is 0 Å². The van der Waals surface area contributed by atoms with Gasteiger partial charge in [-0.3, -0.25) is 0 Å². The molecule has 4 heteroatoms. The maximum Gasteiger partial charge on any atom is 0.0648 e. The predicted molar refractivity (Wildman–Crippen MR) is 149 cm³/mol. The Bertz CT molecular complexity index is 437. The fourth-order valence-electron chi connectivity index (χ4n) is 3.91. The second kappa shape index (κ2) is 28.6. The van der Waals surface area contributed by atoms with E-state index in [-0.39, 0.29) is 6.10 Å². The fraction of sp³-hybridized carbons (Fsp3) is 0.867. The van der Waals surface area contributed by atoms with Crippen LogP contribution < -0.4 is 0 Å². The minimum Gasteiger partial charge on any atom is -0.393 e. The highest BCUT2D eigenvalue weighted by molar-refractivity contribution is 4.81. The molecule has 202 valence electrons. The molecule has 0 aromatic carbocycles. The molecule has 0 aliphatic heterocycles. The van der Waals surface area contributed by atoms with Crippen LogP contribution in [-0.4, -0.2) is 63.2 Å². The molecule has 0 aliphatic rings. The molecular weight excluding hydrogens is 422 g/mol. The predicted octanol–water partition coefficient (Wildman–Crippen LogP) is 7.71. The largest absolute Gasteiger partial charge is 0.393 e. The van der Waals surface area contributed by atoms with E-state index in [1.54, 1.807) is 0 Å². The lowest BCUT2D eigenvalue weighted by atomic mass is 10.0. The van der Waals surface area contributed by atoms with Gasteiger partial charge >= 0.3 is 0 Å². The summed E-state index contributed by atoms with van der Waals surface area (Å²) in [5.74, 6) is 0. The number of rotatable bonds is 27. The summed E-state index contributed by atoms with van der Waals surface area (Å²) in [7, 11) is 4.14. The first kappa shape index (κ1) is 33.3. The van der Waals surface area contributed by atoms with Crippen LogP contribution >= 0.6 is 0 Å². The monoisotopic (exact) mass is 481 g/mol. The maximum absolute atomic E-state index is 10.2. The molecule has 1 atom stereocenters. The molecule has 0 rings (SSSR count). The van der Waals surface area contributed by atoms with Gasteiger partial charge in [-0.25, -0.2) is 0 Å². The van der Waals surface area contributed by atoms with Crippen LogP contribution in [0.15, 0.2) is 24.3 Å². The van der Waals surface area contributed by atoms with Gasteiger partial charge in [0, 0.05) is 13.2 Å². The number of ether oxygens (including phenoxy) is 2. The SMILES string of the molecule is CCCOC/C=C\CCCCCCCCC(O)CCCCCCCC/C=C\COCCN(C)C. The van der Waals surface area contributed by atoms with Gasteiger partial charge in [0.15, 0.2) is 0 Å². The van der Waals surface area contributed by atoms with E-state index < -0.39 is 0 Å². The lowest BCUT2D eigenvalue weighted by molar-refractivity contribution is 0.141. The van der Waals surface area contributed by atoms with Crippen molar-refractivity contribution >= 4 is 0 Å². The van der Waals surface area contributed by atoms with Crippen molar-refractivity contribution < 1.29 is 14.6 Å². The van der Waals surface area contributed by atoms with Crippen LogP contribution in [0.1, 0.15) is 116 Å². The van der Waals surface area contributed by atoms with Crippen molar-refractivity contribution in [1.82, 2.24) is 4.90 Å². The van der Waals surface area contributed by atoms with E-state index in [1.807, 2.05) is 0 Å². The molecule has 0 saturated heterocycles. The summed E-state index contributed by atoms with van der Waals surface area (Å²) in [6, 6.07) is 0. The Kier molecular flexibility index (Phi) is 28.0. The molecule has 4 nitrogen and oxygen atoms in total. The molecule has 0 spiro atoms. The Balaban J connectivity index is 3.23. The van der Waals surface area contributed by atoms with Crippen molar-refractivity contribution in [3.05, 3.63) is 24.3 Å². The normalized spacial score (nSPS) is 13.1. The third-order valence-electron chi connectivity index (χ3n) is 6.11. The smallest absolute Gasteiger partial charge is 0.0648 e. The van der Waals surface area contributed by atoms with Crippen molar-refractivity contribution in [2.45, 2.75) is 122 Å². The van der Waals surface area contributed by atoms with Crippen molar-refractivity contribution in [3.63, 3.8) is 0 Å². The van der Waals surface area contributed by atoms with Gasteiger partial charge in [0.25, 0.3) is 0 Å². The van der Waals surface area contributed by atoms with Crippen LogP contribution in [0.4, 0.5) is 0 Å². The summed E-state index contributed by atoms with van der Waals surface area (Å²) in [5.41, 5.74) is 0. The molecule has 1 unspecified atom stereocenters. The van der Waals surface area contributed by atoms with Gasteiger partial charge in [-0.2, -0.15) is 0 Å². The maximum atomic E-state index is 10.2. The highest BCUT2D eigenvalue weighted by Gasteiger charge is 2.03. The van der Waals surface area contributed by atoms with Crippen molar-refractivity contribution in [1.29, 1.82) is 0 Å². The van der Waals surface area contributed by atoms with Gasteiger partial charge in [-0.05, 0) is 59.0 Å². The molecule has 0 fully saturated rings. The van der Waals surface area contributed by atoms with E-state index >= 15 is 0 Å². The first-order valence-corrected chi connectivity index (χ1v) is 14.4. The van der Waals surface area contributed by atoms with E-state index in [0.717, 1.165) is 52.2 Å². The summed E-state index contributed by atoms with van der Waals surface area (Å²) >= 11 is 0. The molecule has 0 bridgehead atoms. The average molecular weight is 482 g/mol. The summed E-state index contributed by atoms with van der Waals surface area (Å²) < 4.78 is 11.0. The lowest BCUT2D eigenvalue weighted by Crippen LogP contribution is -2.17. The summed E-state index contributed by atoms with van der Waals surface area (Å²) in [4.78, 5) is 2.14. The van der Waals surface area contributed by atoms with Crippen LogP contribution in [0.2, 0.25) is 0 Å². The number of hydrogen-bond acceptors (Lipinski definition) is 4. The quantitative estimate of drug-likeness (QED) is 0.0963. The Morgan fingerprint density at radius 3 is 1.53 bits per heavy atom. The van der Waals surface area contributed by atoms with Gasteiger partial charge in [0.05, 0.1) is 25.9 Å². The van der Waals surface area contributed by atoms with Crippen LogP contribution in [0.5, 0.6) is 0 Å². The van der Waals surface area contributed by atoms with Crippen LogP contribution in [0.3, 0.4) is 0 Å². The molecule has 1 N–H and O–H groups in total. The number of aliphatic hydroxyl groups is 1. The van der Waals surface area contributed by atoms with Crippen LogP contribution in [0.25, 0.3) is 0 Å². The topological polar surface area (TPSA) is 41.9 Å². The number of nitrogens with zero attached hydrogens (tertiary/aromatic N) is 1. The number of unbranched alkanes of at least 4 members (excludes halogenated alkanes) is 12. The Morgan fingerprint density at radius 2 is 1.06 bits per heavy atom. The molecule has 0 aromatic heterocycles. The third-order valence-corrected chi connectivity index (χ3v) is 6.11. The Labute approximate surface area is 213 Å². The van der Waals surface area contributed by atoms with Gasteiger partial charge in [-0.1, -0.05) is 95.4 Å². The van der Waals surface area contributed by atoms with Crippen molar-refractivity contribution in [2.24, 2.45) is 0 Å². The molecule has 0 aliphatic carbocycles. The van der Waals surface area contributed by atoms with Crippen LogP contribution in [-0.2, 0) is 9.47 Å². The minimum atomic E-state index is -0.0786. The van der Waals surface area contributed by atoms with E-state index in [0.29, 0.717) is 0 Å². The number of likely N-dealkylation sites (N-methyl/N-ethyl adjacent to an activating group) is 1. The molecule has 0 radical (unpaired) electrons.